The minimum atomic E-state index is -0.978. The monoisotopic (exact) mass is 670 g/mol. The van der Waals surface area contributed by atoms with E-state index in [2.05, 4.69) is 10.6 Å². The molecule has 1 heterocycles. The fraction of sp³-hybridized carbons (Fsp3) is 0.270. The van der Waals surface area contributed by atoms with Gasteiger partial charge in [-0.25, -0.2) is 14.4 Å². The summed E-state index contributed by atoms with van der Waals surface area (Å²) in [6, 6.07) is 30.1. The maximum Gasteiger partial charge on any atom is 0.336 e. The average Bonchev–Trinajstić information content (AvgIpc) is 3.13. The highest BCUT2D eigenvalue weighted by atomic mass is 32.2. The van der Waals surface area contributed by atoms with Crippen molar-refractivity contribution in [3.8, 4) is 0 Å². The summed E-state index contributed by atoms with van der Waals surface area (Å²) in [6.45, 7) is 0.169. The summed E-state index contributed by atoms with van der Waals surface area (Å²) in [7, 11) is 1.29. The van der Waals surface area contributed by atoms with Crippen LogP contribution in [0.4, 0.5) is 4.79 Å². The number of carbonyl (C=O) groups excluding carboxylic acids is 2. The topological polar surface area (TPSA) is 143 Å². The molecule has 4 aromatic carbocycles. The van der Waals surface area contributed by atoms with Crippen LogP contribution in [0, 0.1) is 0 Å². The lowest BCUT2D eigenvalue weighted by Crippen LogP contribution is -2.47. The second-order valence-electron chi connectivity index (χ2n) is 11.3. The van der Waals surface area contributed by atoms with E-state index in [0.29, 0.717) is 23.5 Å². The van der Waals surface area contributed by atoms with E-state index in [1.54, 1.807) is 18.2 Å². The number of urea groups is 1. The maximum absolute atomic E-state index is 12.7. The van der Waals surface area contributed by atoms with Crippen molar-refractivity contribution in [1.29, 1.82) is 0 Å². The summed E-state index contributed by atoms with van der Waals surface area (Å²) in [5.41, 5.74) is 4.51. The number of aliphatic hydroxyl groups is 1. The summed E-state index contributed by atoms with van der Waals surface area (Å²) in [5.74, 6) is -0.992. The number of aromatic carboxylic acids is 1. The molecule has 10 nitrogen and oxygen atoms in total. The molecule has 250 valence electrons. The first-order chi connectivity index (χ1) is 23.3. The fourth-order valence-electron chi connectivity index (χ4n) is 5.34. The van der Waals surface area contributed by atoms with Crippen LogP contribution in [-0.2, 0) is 38.6 Å². The van der Waals surface area contributed by atoms with Crippen LogP contribution in [-0.4, -0.2) is 53.2 Å². The molecule has 0 aliphatic carbocycles. The standard InChI is InChI=1S/C37H38N2O8S/c1-45-35(43)31(19-24-7-3-2-4-8-24)39-37(44)38-21-25-11-17-28(18-12-25)36-46-29(23-48-33-10-6-5-9-30(33)34(41)42)20-32(47-36)27-15-13-26(22-40)14-16-27/h2-18,29,31-32,36,40H,19-23H2,1H3,(H,41,42)(H2,38,39,44)/t29-,31-,32+,36+/m0/s1. The molecule has 1 saturated heterocycles. The van der Waals surface area contributed by atoms with E-state index in [1.807, 2.05) is 84.9 Å². The Morgan fingerprint density at radius 3 is 2.21 bits per heavy atom. The zero-order chi connectivity index (χ0) is 33.9. The van der Waals surface area contributed by atoms with Crippen LogP contribution in [0.1, 0.15) is 57.0 Å². The number of hydrogen-bond donors (Lipinski definition) is 4. The van der Waals surface area contributed by atoms with Gasteiger partial charge in [-0.2, -0.15) is 0 Å². The number of hydrogen-bond acceptors (Lipinski definition) is 8. The molecule has 4 N–H and O–H groups in total. The second-order valence-corrected chi connectivity index (χ2v) is 12.4. The molecule has 5 rings (SSSR count). The van der Waals surface area contributed by atoms with E-state index in [4.69, 9.17) is 14.2 Å². The van der Waals surface area contributed by atoms with Crippen LogP contribution in [0.2, 0.25) is 0 Å². The molecule has 0 unspecified atom stereocenters. The van der Waals surface area contributed by atoms with E-state index >= 15 is 0 Å². The number of rotatable bonds is 13. The Morgan fingerprint density at radius 2 is 1.52 bits per heavy atom. The summed E-state index contributed by atoms with van der Waals surface area (Å²) in [6.07, 6.45) is -0.367. The molecule has 4 aromatic rings. The van der Waals surface area contributed by atoms with Crippen molar-refractivity contribution in [3.05, 3.63) is 137 Å². The van der Waals surface area contributed by atoms with E-state index in [1.165, 1.54) is 18.9 Å². The quantitative estimate of drug-likeness (QED) is 0.103. The summed E-state index contributed by atoms with van der Waals surface area (Å²) < 4.78 is 17.7. The Hall–Kier alpha value is -4.68. The number of amides is 2. The van der Waals surface area contributed by atoms with E-state index in [-0.39, 0.29) is 30.9 Å². The van der Waals surface area contributed by atoms with Crippen molar-refractivity contribution < 1.29 is 38.8 Å². The molecule has 48 heavy (non-hydrogen) atoms. The van der Waals surface area contributed by atoms with Gasteiger partial charge in [0.25, 0.3) is 0 Å². The minimum absolute atomic E-state index is 0.0534. The van der Waals surface area contributed by atoms with E-state index in [9.17, 15) is 24.6 Å². The number of nitrogens with one attached hydrogen (secondary N) is 2. The number of ether oxygens (including phenoxy) is 3. The second kappa shape index (κ2) is 16.9. The van der Waals surface area contributed by atoms with Gasteiger partial charge < -0.3 is 35.1 Å². The number of thioether (sulfide) groups is 1. The molecule has 1 aliphatic heterocycles. The fourth-order valence-corrected chi connectivity index (χ4v) is 6.41. The molecule has 0 radical (unpaired) electrons. The van der Waals surface area contributed by atoms with Crippen molar-refractivity contribution >= 4 is 29.7 Å². The highest BCUT2D eigenvalue weighted by Crippen LogP contribution is 2.39. The molecule has 0 saturated carbocycles. The summed E-state index contributed by atoms with van der Waals surface area (Å²) in [4.78, 5) is 37.4. The highest BCUT2D eigenvalue weighted by molar-refractivity contribution is 7.99. The van der Waals surface area contributed by atoms with Crippen LogP contribution in [0.5, 0.6) is 0 Å². The Bertz CT molecular complexity index is 1670. The molecule has 0 aromatic heterocycles. The van der Waals surface area contributed by atoms with Gasteiger partial charge in [0.05, 0.1) is 31.5 Å². The van der Waals surface area contributed by atoms with Gasteiger partial charge in [0.2, 0.25) is 0 Å². The van der Waals surface area contributed by atoms with Gasteiger partial charge in [0, 0.05) is 35.6 Å². The Balaban J connectivity index is 1.23. The zero-order valence-corrected chi connectivity index (χ0v) is 27.2. The lowest BCUT2D eigenvalue weighted by Gasteiger charge is -2.36. The van der Waals surface area contributed by atoms with Gasteiger partial charge in [-0.05, 0) is 34.4 Å². The summed E-state index contributed by atoms with van der Waals surface area (Å²) >= 11 is 1.43. The van der Waals surface area contributed by atoms with Gasteiger partial charge >= 0.3 is 18.0 Å². The van der Waals surface area contributed by atoms with Crippen LogP contribution >= 0.6 is 11.8 Å². The molecule has 4 atom stereocenters. The third-order valence-electron chi connectivity index (χ3n) is 7.94. The van der Waals surface area contributed by atoms with Gasteiger partial charge in [-0.3, -0.25) is 0 Å². The largest absolute Gasteiger partial charge is 0.478 e. The van der Waals surface area contributed by atoms with Crippen LogP contribution in [0.25, 0.3) is 0 Å². The number of aliphatic hydroxyl groups excluding tert-OH is 1. The molecular formula is C37H38N2O8S. The van der Waals surface area contributed by atoms with Crippen molar-refractivity contribution in [2.24, 2.45) is 0 Å². The zero-order valence-electron chi connectivity index (χ0n) is 26.4. The first-order valence-electron chi connectivity index (χ1n) is 15.5. The first kappa shape index (κ1) is 34.6. The number of benzene rings is 4. The number of carboxylic acids is 1. The Morgan fingerprint density at radius 1 is 0.854 bits per heavy atom. The molecule has 1 fully saturated rings. The number of esters is 1. The van der Waals surface area contributed by atoms with E-state index < -0.39 is 30.3 Å². The highest BCUT2D eigenvalue weighted by Gasteiger charge is 2.32. The molecule has 11 heteroatoms. The van der Waals surface area contributed by atoms with Crippen LogP contribution in [0.15, 0.2) is 108 Å². The minimum Gasteiger partial charge on any atom is -0.478 e. The smallest absolute Gasteiger partial charge is 0.336 e. The van der Waals surface area contributed by atoms with Gasteiger partial charge in [0.15, 0.2) is 6.29 Å². The van der Waals surface area contributed by atoms with Crippen molar-refractivity contribution in [1.82, 2.24) is 10.6 Å². The third-order valence-corrected chi connectivity index (χ3v) is 9.14. The van der Waals surface area contributed by atoms with Crippen molar-refractivity contribution in [3.63, 3.8) is 0 Å². The van der Waals surface area contributed by atoms with Gasteiger partial charge in [-0.15, -0.1) is 11.8 Å². The molecule has 0 bridgehead atoms. The lowest BCUT2D eigenvalue weighted by molar-refractivity contribution is -0.245. The predicted molar refractivity (Wildman–Crippen MR) is 180 cm³/mol. The molecule has 0 spiro atoms. The SMILES string of the molecule is COC(=O)[C@H](Cc1ccccc1)NC(=O)NCc1ccc([C@@H]2O[C@H](CSc3ccccc3C(=O)O)C[C@H](c3ccc(CO)cc3)O2)cc1. The third kappa shape index (κ3) is 9.45. The van der Waals surface area contributed by atoms with Crippen molar-refractivity contribution in [2.45, 2.75) is 55.4 Å². The Kier molecular flexibility index (Phi) is 12.2. The first-order valence-corrected chi connectivity index (χ1v) is 16.5. The lowest BCUT2D eigenvalue weighted by atomic mass is 10.0. The normalized spacial score (nSPS) is 18.0. The number of methoxy groups -OCH3 is 1. The molecule has 2 amide bonds. The summed E-state index contributed by atoms with van der Waals surface area (Å²) in [5, 5.41) is 24.6. The predicted octanol–water partition coefficient (Wildman–Crippen LogP) is 5.80. The van der Waals surface area contributed by atoms with E-state index in [0.717, 1.165) is 27.8 Å². The average molecular weight is 671 g/mol. The number of carboxylic acid groups (broad SMARTS) is 1. The van der Waals surface area contributed by atoms with Gasteiger partial charge in [0.1, 0.15) is 6.04 Å². The number of carbonyl (C=O) groups is 3. The maximum atomic E-state index is 12.7. The molecular weight excluding hydrogens is 632 g/mol. The Labute approximate surface area is 283 Å². The van der Waals surface area contributed by atoms with Gasteiger partial charge in [-0.1, -0.05) is 91.0 Å². The van der Waals surface area contributed by atoms with Crippen LogP contribution in [0.3, 0.4) is 0 Å². The van der Waals surface area contributed by atoms with Crippen LogP contribution < -0.4 is 10.6 Å². The molecule has 1 aliphatic rings. The van der Waals surface area contributed by atoms with Crippen molar-refractivity contribution in [2.75, 3.05) is 12.9 Å².